The molecule has 21 heavy (non-hydrogen) atoms. The topological polar surface area (TPSA) is 24.9 Å². The van der Waals surface area contributed by atoms with Crippen molar-refractivity contribution in [2.24, 2.45) is 0 Å². The van der Waals surface area contributed by atoms with E-state index in [4.69, 9.17) is 28.2 Å². The average Bonchev–Trinajstić information content (AvgIpc) is 2.86. The number of fused-ring (bicyclic) bond motifs is 1. The summed E-state index contributed by atoms with van der Waals surface area (Å²) < 4.78 is 0. The lowest BCUT2D eigenvalue weighted by Gasteiger charge is -2.20. The van der Waals surface area contributed by atoms with E-state index >= 15 is 0 Å². The number of hydrogen-bond donors (Lipinski definition) is 1. The lowest BCUT2D eigenvalue weighted by atomic mass is 9.91. The van der Waals surface area contributed by atoms with Crippen molar-refractivity contribution in [3.05, 3.63) is 49.4 Å². The van der Waals surface area contributed by atoms with E-state index in [9.17, 15) is 0 Å². The van der Waals surface area contributed by atoms with Gasteiger partial charge in [-0.25, -0.2) is 4.98 Å². The maximum atomic E-state index is 6.27. The number of benzene rings is 1. The van der Waals surface area contributed by atoms with E-state index in [1.165, 1.54) is 29.8 Å². The fraction of sp³-hybridized carbons (Fsp3) is 0.438. The van der Waals surface area contributed by atoms with Gasteiger partial charge in [-0.3, -0.25) is 0 Å². The molecule has 0 saturated heterocycles. The minimum atomic E-state index is 0.560. The second kappa shape index (κ2) is 6.66. The number of halogens is 2. The van der Waals surface area contributed by atoms with Gasteiger partial charge in [0.05, 0.1) is 10.7 Å². The molecule has 0 amide bonds. The number of nitrogens with zero attached hydrogens (tertiary/aromatic N) is 1. The van der Waals surface area contributed by atoms with E-state index in [1.54, 1.807) is 6.07 Å². The Morgan fingerprint density at radius 1 is 1.38 bits per heavy atom. The summed E-state index contributed by atoms with van der Waals surface area (Å²) in [6.07, 6.45) is 4.46. The van der Waals surface area contributed by atoms with Crippen molar-refractivity contribution in [3.63, 3.8) is 0 Å². The second-order valence-corrected chi connectivity index (χ2v) is 7.49. The maximum absolute atomic E-state index is 6.27. The third-order valence-corrected chi connectivity index (χ3v) is 5.64. The summed E-state index contributed by atoms with van der Waals surface area (Å²) >= 11 is 14.1. The van der Waals surface area contributed by atoms with Crippen molar-refractivity contribution in [1.29, 1.82) is 0 Å². The van der Waals surface area contributed by atoms with Crippen LogP contribution in [0.4, 0.5) is 0 Å². The summed E-state index contributed by atoms with van der Waals surface area (Å²) in [7, 11) is 2.01. The minimum absolute atomic E-state index is 0.560. The Kier molecular flexibility index (Phi) is 4.85. The minimum Gasteiger partial charge on any atom is -0.319 e. The highest BCUT2D eigenvalue weighted by molar-refractivity contribution is 7.11. The van der Waals surface area contributed by atoms with Gasteiger partial charge in [0.1, 0.15) is 0 Å². The van der Waals surface area contributed by atoms with Crippen LogP contribution in [-0.2, 0) is 12.8 Å². The molecule has 1 atom stereocenters. The van der Waals surface area contributed by atoms with Crippen LogP contribution in [0.25, 0.3) is 0 Å². The summed E-state index contributed by atoms with van der Waals surface area (Å²) in [5, 5.41) is 5.84. The molecule has 1 aromatic carbocycles. The predicted octanol–water partition coefficient (Wildman–Crippen LogP) is 4.68. The Hall–Kier alpha value is -0.610. The Labute approximate surface area is 139 Å². The van der Waals surface area contributed by atoms with Crippen LogP contribution in [0, 0.1) is 0 Å². The summed E-state index contributed by atoms with van der Waals surface area (Å²) in [4.78, 5) is 6.36. The van der Waals surface area contributed by atoms with Crippen molar-refractivity contribution < 1.29 is 0 Å². The van der Waals surface area contributed by atoms with Crippen molar-refractivity contribution in [2.45, 2.75) is 31.6 Å². The third kappa shape index (κ3) is 3.42. The molecular weight excluding hydrogens is 323 g/mol. The quantitative estimate of drug-likeness (QED) is 0.873. The number of nitrogens with one attached hydrogen (secondary N) is 1. The van der Waals surface area contributed by atoms with Gasteiger partial charge in [0.15, 0.2) is 0 Å². The molecule has 112 valence electrons. The number of aryl methyl sites for hydroxylation is 1. The van der Waals surface area contributed by atoms with E-state index < -0.39 is 0 Å². The van der Waals surface area contributed by atoms with Crippen molar-refractivity contribution in [1.82, 2.24) is 10.3 Å². The number of aromatic nitrogens is 1. The van der Waals surface area contributed by atoms with Crippen LogP contribution in [0.2, 0.25) is 10.0 Å². The van der Waals surface area contributed by atoms with E-state index in [0.717, 1.165) is 28.6 Å². The number of thiazole rings is 1. The fourth-order valence-corrected chi connectivity index (χ4v) is 4.60. The highest BCUT2D eigenvalue weighted by Crippen LogP contribution is 2.35. The molecule has 3 rings (SSSR count). The van der Waals surface area contributed by atoms with E-state index in [0.29, 0.717) is 10.9 Å². The monoisotopic (exact) mass is 340 g/mol. The zero-order valence-electron chi connectivity index (χ0n) is 12.0. The molecular formula is C16H18Cl2N2S. The lowest BCUT2D eigenvalue weighted by Crippen LogP contribution is -2.21. The van der Waals surface area contributed by atoms with Gasteiger partial charge in [-0.2, -0.15) is 0 Å². The first-order chi connectivity index (χ1) is 10.2. The van der Waals surface area contributed by atoms with E-state index in [-0.39, 0.29) is 0 Å². The highest BCUT2D eigenvalue weighted by Gasteiger charge is 2.24. The van der Waals surface area contributed by atoms with Gasteiger partial charge >= 0.3 is 0 Å². The first kappa shape index (κ1) is 15.3. The molecule has 0 bridgehead atoms. The van der Waals surface area contributed by atoms with Crippen LogP contribution in [-0.4, -0.2) is 18.6 Å². The Morgan fingerprint density at radius 2 is 2.24 bits per heavy atom. The molecule has 1 N–H and O–H groups in total. The first-order valence-corrected chi connectivity index (χ1v) is 8.81. The summed E-state index contributed by atoms with van der Waals surface area (Å²) in [6, 6.07) is 5.69. The predicted molar refractivity (Wildman–Crippen MR) is 91.0 cm³/mol. The smallest absolute Gasteiger partial charge is 0.0975 e. The van der Waals surface area contributed by atoms with Crippen LogP contribution in [0.1, 0.15) is 39.9 Å². The Morgan fingerprint density at radius 3 is 3.00 bits per heavy atom. The van der Waals surface area contributed by atoms with Crippen molar-refractivity contribution >= 4 is 34.5 Å². The van der Waals surface area contributed by atoms with Gasteiger partial charge in [0.25, 0.3) is 0 Å². The molecule has 1 unspecified atom stereocenters. The molecule has 1 aliphatic carbocycles. The number of likely N-dealkylation sites (N-methyl/N-ethyl adjacent to an activating group) is 1. The summed E-state index contributed by atoms with van der Waals surface area (Å²) in [6.45, 7) is 1.01. The van der Waals surface area contributed by atoms with Crippen LogP contribution in [0.5, 0.6) is 0 Å². The average molecular weight is 341 g/mol. The largest absolute Gasteiger partial charge is 0.319 e. The normalized spacial score (nSPS) is 17.8. The Balaban J connectivity index is 1.84. The molecule has 1 aliphatic rings. The molecule has 1 aromatic heterocycles. The maximum Gasteiger partial charge on any atom is 0.0975 e. The van der Waals surface area contributed by atoms with Gasteiger partial charge < -0.3 is 5.32 Å². The molecule has 0 saturated carbocycles. The molecule has 1 heterocycles. The van der Waals surface area contributed by atoms with Gasteiger partial charge in [0.2, 0.25) is 0 Å². The zero-order chi connectivity index (χ0) is 14.8. The molecule has 5 heteroatoms. The van der Waals surface area contributed by atoms with Gasteiger partial charge in [-0.1, -0.05) is 29.3 Å². The van der Waals surface area contributed by atoms with Crippen LogP contribution in [0.15, 0.2) is 18.2 Å². The van der Waals surface area contributed by atoms with Gasteiger partial charge in [-0.15, -0.1) is 11.3 Å². The second-order valence-electron chi connectivity index (χ2n) is 5.48. The molecule has 2 aromatic rings. The molecule has 0 radical (unpaired) electrons. The fourth-order valence-electron chi connectivity index (χ4n) is 2.91. The Bertz CT molecular complexity index is 639. The number of hydrogen-bond acceptors (Lipinski definition) is 3. The molecule has 0 fully saturated rings. The summed E-state index contributed by atoms with van der Waals surface area (Å²) in [5.41, 5.74) is 2.40. The third-order valence-electron chi connectivity index (χ3n) is 3.92. The standard InChI is InChI=1S/C16H18Cl2N2S/c1-19-9-11-3-2-4-14-16(11)20-15(21-14)7-10-5-6-12(17)8-13(10)18/h5-6,8,11,19H,2-4,7,9H2,1H3. The van der Waals surface area contributed by atoms with Gasteiger partial charge in [-0.05, 0) is 44.0 Å². The van der Waals surface area contributed by atoms with Crippen molar-refractivity contribution in [2.75, 3.05) is 13.6 Å². The SMILES string of the molecule is CNCC1CCCc2sc(Cc3ccc(Cl)cc3Cl)nc21. The van der Waals surface area contributed by atoms with E-state index in [1.807, 2.05) is 30.5 Å². The van der Waals surface area contributed by atoms with Crippen LogP contribution >= 0.6 is 34.5 Å². The summed E-state index contributed by atoms with van der Waals surface area (Å²) in [5.74, 6) is 0.560. The van der Waals surface area contributed by atoms with Gasteiger partial charge in [0, 0.05) is 33.8 Å². The molecule has 2 nitrogen and oxygen atoms in total. The number of rotatable bonds is 4. The van der Waals surface area contributed by atoms with E-state index in [2.05, 4.69) is 5.32 Å². The zero-order valence-corrected chi connectivity index (χ0v) is 14.3. The molecule has 0 aliphatic heterocycles. The lowest BCUT2D eigenvalue weighted by molar-refractivity contribution is 0.522. The first-order valence-electron chi connectivity index (χ1n) is 7.24. The van der Waals surface area contributed by atoms with Crippen molar-refractivity contribution in [3.8, 4) is 0 Å². The highest BCUT2D eigenvalue weighted by atomic mass is 35.5. The van der Waals surface area contributed by atoms with Crippen LogP contribution < -0.4 is 5.32 Å². The molecule has 0 spiro atoms. The van der Waals surface area contributed by atoms with Crippen LogP contribution in [0.3, 0.4) is 0 Å².